The molecule has 1 heterocycles. The third-order valence-corrected chi connectivity index (χ3v) is 4.66. The van der Waals surface area contributed by atoms with Gasteiger partial charge in [0.1, 0.15) is 0 Å². The first-order valence-corrected chi connectivity index (χ1v) is 8.87. The van der Waals surface area contributed by atoms with Crippen LogP contribution in [0.25, 0.3) is 0 Å². The Morgan fingerprint density at radius 3 is 2.52 bits per heavy atom. The van der Waals surface area contributed by atoms with E-state index in [4.69, 9.17) is 11.6 Å². The average molecular weight is 357 g/mol. The number of carbonyl (C=O) groups is 2. The second-order valence-electron chi connectivity index (χ2n) is 6.54. The van der Waals surface area contributed by atoms with E-state index in [1.165, 1.54) is 6.42 Å². The van der Waals surface area contributed by atoms with Gasteiger partial charge in [-0.05, 0) is 61.2 Å². The van der Waals surface area contributed by atoms with Crippen LogP contribution in [0.3, 0.4) is 0 Å². The molecule has 0 saturated carbocycles. The van der Waals surface area contributed by atoms with Crippen molar-refractivity contribution >= 4 is 29.1 Å². The van der Waals surface area contributed by atoms with Crippen LogP contribution >= 0.6 is 11.6 Å². The van der Waals surface area contributed by atoms with Crippen molar-refractivity contribution in [3.63, 3.8) is 0 Å². The maximum absolute atomic E-state index is 12.6. The van der Waals surface area contributed by atoms with Crippen molar-refractivity contribution < 1.29 is 9.59 Å². The molecule has 1 atom stereocenters. The molecule has 1 aliphatic heterocycles. The van der Waals surface area contributed by atoms with E-state index in [0.29, 0.717) is 27.8 Å². The first-order valence-electron chi connectivity index (χ1n) is 8.49. The molecule has 0 aliphatic carbocycles. The van der Waals surface area contributed by atoms with E-state index in [-0.39, 0.29) is 11.8 Å². The van der Waals surface area contributed by atoms with Gasteiger partial charge in [0.05, 0.1) is 0 Å². The fourth-order valence-electron chi connectivity index (χ4n) is 3.09. The predicted molar refractivity (Wildman–Crippen MR) is 100 cm³/mol. The lowest BCUT2D eigenvalue weighted by molar-refractivity contribution is 0.0682. The summed E-state index contributed by atoms with van der Waals surface area (Å²) in [4.78, 5) is 26.8. The molecule has 0 aromatic heterocycles. The number of nitrogens with one attached hydrogen (secondary N) is 1. The number of amides is 2. The van der Waals surface area contributed by atoms with Crippen LogP contribution in [0.4, 0.5) is 5.69 Å². The van der Waals surface area contributed by atoms with Crippen LogP contribution in [0.2, 0.25) is 5.02 Å². The lowest BCUT2D eigenvalue weighted by Gasteiger charge is -2.31. The fraction of sp³-hybridized carbons (Fsp3) is 0.300. The van der Waals surface area contributed by atoms with E-state index in [1.54, 1.807) is 48.5 Å². The Balaban J connectivity index is 1.67. The molecule has 130 valence electrons. The molecule has 1 unspecified atom stereocenters. The second kappa shape index (κ2) is 7.70. The van der Waals surface area contributed by atoms with Crippen LogP contribution in [0.1, 0.15) is 40.5 Å². The van der Waals surface area contributed by atoms with Crippen molar-refractivity contribution in [2.24, 2.45) is 5.92 Å². The molecule has 2 aromatic rings. The van der Waals surface area contributed by atoms with Gasteiger partial charge >= 0.3 is 0 Å². The van der Waals surface area contributed by atoms with E-state index in [1.807, 2.05) is 4.90 Å². The standard InChI is InChI=1S/C20H21ClN2O2/c1-14-4-3-11-23(13-14)20(25)16-9-7-15(8-10-16)19(24)22-18-6-2-5-17(21)12-18/h2,5-10,12,14H,3-4,11,13H2,1H3,(H,22,24). The zero-order valence-electron chi connectivity index (χ0n) is 14.2. The van der Waals surface area contributed by atoms with Gasteiger partial charge in [-0.25, -0.2) is 0 Å². The minimum atomic E-state index is -0.229. The molecule has 0 spiro atoms. The zero-order valence-corrected chi connectivity index (χ0v) is 14.9. The van der Waals surface area contributed by atoms with E-state index in [0.717, 1.165) is 19.5 Å². The molecule has 2 aromatic carbocycles. The number of hydrogen-bond donors (Lipinski definition) is 1. The minimum absolute atomic E-state index is 0.0355. The van der Waals surface area contributed by atoms with Gasteiger partial charge in [-0.3, -0.25) is 9.59 Å². The molecule has 1 fully saturated rings. The summed E-state index contributed by atoms with van der Waals surface area (Å²) in [6.07, 6.45) is 2.22. The molecule has 0 radical (unpaired) electrons. The number of carbonyl (C=O) groups excluding carboxylic acids is 2. The largest absolute Gasteiger partial charge is 0.338 e. The van der Waals surface area contributed by atoms with Crippen molar-refractivity contribution in [1.82, 2.24) is 4.90 Å². The number of piperidine rings is 1. The smallest absolute Gasteiger partial charge is 0.255 e. The molecule has 4 nitrogen and oxygen atoms in total. The molecule has 1 N–H and O–H groups in total. The molecular weight excluding hydrogens is 336 g/mol. The van der Waals surface area contributed by atoms with Crippen LogP contribution in [-0.4, -0.2) is 29.8 Å². The molecule has 25 heavy (non-hydrogen) atoms. The first-order chi connectivity index (χ1) is 12.0. The molecule has 1 aliphatic rings. The Labute approximate surface area is 152 Å². The molecule has 3 rings (SSSR count). The topological polar surface area (TPSA) is 49.4 Å². The van der Waals surface area contributed by atoms with Crippen LogP contribution in [0.15, 0.2) is 48.5 Å². The molecule has 2 amide bonds. The maximum Gasteiger partial charge on any atom is 0.255 e. The highest BCUT2D eigenvalue weighted by molar-refractivity contribution is 6.31. The van der Waals surface area contributed by atoms with Crippen molar-refractivity contribution in [2.45, 2.75) is 19.8 Å². The van der Waals surface area contributed by atoms with Crippen molar-refractivity contribution in [1.29, 1.82) is 0 Å². The van der Waals surface area contributed by atoms with Crippen LogP contribution in [0.5, 0.6) is 0 Å². The van der Waals surface area contributed by atoms with Crippen molar-refractivity contribution in [2.75, 3.05) is 18.4 Å². The predicted octanol–water partition coefficient (Wildman–Crippen LogP) is 4.46. The van der Waals surface area contributed by atoms with Crippen molar-refractivity contribution in [3.8, 4) is 0 Å². The monoisotopic (exact) mass is 356 g/mol. The number of benzene rings is 2. The lowest BCUT2D eigenvalue weighted by Crippen LogP contribution is -2.39. The summed E-state index contributed by atoms with van der Waals surface area (Å²) in [5, 5.41) is 3.36. The molecular formula is C20H21ClN2O2. The fourth-order valence-corrected chi connectivity index (χ4v) is 3.28. The average Bonchev–Trinajstić information content (AvgIpc) is 2.61. The van der Waals surface area contributed by atoms with Gasteiger partial charge in [0, 0.05) is 34.9 Å². The van der Waals surface area contributed by atoms with Gasteiger partial charge < -0.3 is 10.2 Å². The number of halogens is 1. The maximum atomic E-state index is 12.6. The lowest BCUT2D eigenvalue weighted by atomic mass is 9.99. The van der Waals surface area contributed by atoms with Gasteiger partial charge in [0.25, 0.3) is 11.8 Å². The Kier molecular flexibility index (Phi) is 5.39. The number of hydrogen-bond acceptors (Lipinski definition) is 2. The number of nitrogens with zero attached hydrogens (tertiary/aromatic N) is 1. The Morgan fingerprint density at radius 2 is 1.84 bits per heavy atom. The summed E-state index contributed by atoms with van der Waals surface area (Å²) < 4.78 is 0. The number of anilines is 1. The third-order valence-electron chi connectivity index (χ3n) is 4.42. The zero-order chi connectivity index (χ0) is 17.8. The summed E-state index contributed by atoms with van der Waals surface area (Å²) in [6.45, 7) is 3.78. The van der Waals surface area contributed by atoms with E-state index in [2.05, 4.69) is 12.2 Å². The van der Waals surface area contributed by atoms with Gasteiger partial charge in [0.2, 0.25) is 0 Å². The third kappa shape index (κ3) is 4.40. The summed E-state index contributed by atoms with van der Waals surface area (Å²) in [5.74, 6) is 0.349. The summed E-state index contributed by atoms with van der Waals surface area (Å²) in [7, 11) is 0. The Bertz CT molecular complexity index is 774. The van der Waals surface area contributed by atoms with Gasteiger partial charge in [-0.1, -0.05) is 24.6 Å². The summed E-state index contributed by atoms with van der Waals surface area (Å²) >= 11 is 5.92. The van der Waals surface area contributed by atoms with Gasteiger partial charge in [-0.2, -0.15) is 0 Å². The highest BCUT2D eigenvalue weighted by Gasteiger charge is 2.22. The van der Waals surface area contributed by atoms with Gasteiger partial charge in [-0.15, -0.1) is 0 Å². The molecule has 5 heteroatoms. The molecule has 0 bridgehead atoms. The highest BCUT2D eigenvalue weighted by atomic mass is 35.5. The van der Waals surface area contributed by atoms with E-state index in [9.17, 15) is 9.59 Å². The molecule has 1 saturated heterocycles. The first kappa shape index (κ1) is 17.5. The highest BCUT2D eigenvalue weighted by Crippen LogP contribution is 2.19. The Hall–Kier alpha value is -2.33. The normalized spacial score (nSPS) is 17.2. The van der Waals surface area contributed by atoms with E-state index >= 15 is 0 Å². The summed E-state index contributed by atoms with van der Waals surface area (Å²) in [5.41, 5.74) is 1.76. The SMILES string of the molecule is CC1CCCN(C(=O)c2ccc(C(=O)Nc3cccc(Cl)c3)cc2)C1. The number of rotatable bonds is 3. The van der Waals surface area contributed by atoms with Crippen LogP contribution in [0, 0.1) is 5.92 Å². The van der Waals surface area contributed by atoms with Crippen LogP contribution < -0.4 is 5.32 Å². The van der Waals surface area contributed by atoms with Crippen molar-refractivity contribution in [3.05, 3.63) is 64.7 Å². The minimum Gasteiger partial charge on any atom is -0.338 e. The quantitative estimate of drug-likeness (QED) is 0.882. The van der Waals surface area contributed by atoms with Gasteiger partial charge in [0.15, 0.2) is 0 Å². The Morgan fingerprint density at radius 1 is 1.12 bits per heavy atom. The van der Waals surface area contributed by atoms with Crippen LogP contribution in [-0.2, 0) is 0 Å². The number of likely N-dealkylation sites (tertiary alicyclic amines) is 1. The van der Waals surface area contributed by atoms with E-state index < -0.39 is 0 Å². The summed E-state index contributed by atoms with van der Waals surface area (Å²) in [6, 6.07) is 13.8. The second-order valence-corrected chi connectivity index (χ2v) is 6.98.